The van der Waals surface area contributed by atoms with Crippen LogP contribution in [0.5, 0.6) is 0 Å². The SMILES string of the molecule is CC1OC2CCCCC2N1C(=O)O. The van der Waals surface area contributed by atoms with E-state index >= 15 is 0 Å². The summed E-state index contributed by atoms with van der Waals surface area (Å²) in [7, 11) is 0. The van der Waals surface area contributed by atoms with E-state index in [1.807, 2.05) is 6.92 Å². The number of ether oxygens (including phenoxy) is 1. The summed E-state index contributed by atoms with van der Waals surface area (Å²) in [6.07, 6.45) is 3.31. The van der Waals surface area contributed by atoms with Crippen molar-refractivity contribution in [2.45, 2.75) is 51.0 Å². The van der Waals surface area contributed by atoms with Gasteiger partial charge in [-0.15, -0.1) is 0 Å². The van der Waals surface area contributed by atoms with Crippen molar-refractivity contribution >= 4 is 6.09 Å². The summed E-state index contributed by atoms with van der Waals surface area (Å²) < 4.78 is 5.58. The normalized spacial score (nSPS) is 38.8. The quantitative estimate of drug-likeness (QED) is 0.624. The molecule has 3 atom stereocenters. The standard InChI is InChI=1S/C9H15NO3/c1-6-10(9(11)12)7-4-2-3-5-8(7)13-6/h6-8H,2-5H2,1H3,(H,11,12). The van der Waals surface area contributed by atoms with Gasteiger partial charge in [-0.05, 0) is 19.8 Å². The predicted molar refractivity (Wildman–Crippen MR) is 46.5 cm³/mol. The van der Waals surface area contributed by atoms with Crippen molar-refractivity contribution in [2.24, 2.45) is 0 Å². The van der Waals surface area contributed by atoms with Crippen molar-refractivity contribution in [2.75, 3.05) is 0 Å². The fourth-order valence-electron chi connectivity index (χ4n) is 2.44. The minimum Gasteiger partial charge on any atom is -0.465 e. The monoisotopic (exact) mass is 185 g/mol. The Balaban J connectivity index is 2.13. The molecule has 3 unspecified atom stereocenters. The van der Waals surface area contributed by atoms with Crippen LogP contribution in [0.25, 0.3) is 0 Å². The maximum Gasteiger partial charge on any atom is 0.409 e. The third-order valence-electron chi connectivity index (χ3n) is 3.01. The minimum atomic E-state index is -0.845. The van der Waals surface area contributed by atoms with Gasteiger partial charge in [-0.1, -0.05) is 12.8 Å². The molecule has 1 heterocycles. The lowest BCUT2D eigenvalue weighted by Crippen LogP contribution is -2.42. The van der Waals surface area contributed by atoms with Gasteiger partial charge < -0.3 is 9.84 Å². The topological polar surface area (TPSA) is 49.8 Å². The van der Waals surface area contributed by atoms with Gasteiger partial charge in [0.1, 0.15) is 6.23 Å². The summed E-state index contributed by atoms with van der Waals surface area (Å²) in [4.78, 5) is 12.4. The smallest absolute Gasteiger partial charge is 0.409 e. The molecule has 0 aromatic rings. The zero-order valence-corrected chi connectivity index (χ0v) is 7.77. The summed E-state index contributed by atoms with van der Waals surface area (Å²) in [5.41, 5.74) is 0. The molecule has 0 bridgehead atoms. The van der Waals surface area contributed by atoms with Crippen LogP contribution in [0.15, 0.2) is 0 Å². The van der Waals surface area contributed by atoms with Gasteiger partial charge in [0.2, 0.25) is 0 Å². The molecule has 4 nitrogen and oxygen atoms in total. The van der Waals surface area contributed by atoms with Crippen LogP contribution in [0.4, 0.5) is 4.79 Å². The second kappa shape index (κ2) is 3.18. The highest BCUT2D eigenvalue weighted by atomic mass is 16.5. The first-order valence-electron chi connectivity index (χ1n) is 4.87. The molecule has 0 aromatic heterocycles. The van der Waals surface area contributed by atoms with E-state index in [9.17, 15) is 4.79 Å². The van der Waals surface area contributed by atoms with E-state index in [-0.39, 0.29) is 18.4 Å². The van der Waals surface area contributed by atoms with E-state index in [1.54, 1.807) is 0 Å². The Morgan fingerprint density at radius 1 is 1.46 bits per heavy atom. The van der Waals surface area contributed by atoms with Crippen LogP contribution in [0.1, 0.15) is 32.6 Å². The molecule has 0 radical (unpaired) electrons. The lowest BCUT2D eigenvalue weighted by Gasteiger charge is -2.28. The third-order valence-corrected chi connectivity index (χ3v) is 3.01. The number of rotatable bonds is 0. The van der Waals surface area contributed by atoms with Gasteiger partial charge in [0.15, 0.2) is 0 Å². The molecule has 1 saturated heterocycles. The Bertz CT molecular complexity index is 219. The zero-order chi connectivity index (χ0) is 9.42. The summed E-state index contributed by atoms with van der Waals surface area (Å²) >= 11 is 0. The Morgan fingerprint density at radius 3 is 2.85 bits per heavy atom. The van der Waals surface area contributed by atoms with Gasteiger partial charge in [0.25, 0.3) is 0 Å². The molecule has 4 heteroatoms. The van der Waals surface area contributed by atoms with Crippen molar-refractivity contribution < 1.29 is 14.6 Å². The molecule has 1 saturated carbocycles. The molecule has 1 N–H and O–H groups in total. The van der Waals surface area contributed by atoms with Gasteiger partial charge >= 0.3 is 6.09 Å². The van der Waals surface area contributed by atoms with E-state index in [0.29, 0.717) is 0 Å². The zero-order valence-electron chi connectivity index (χ0n) is 7.77. The highest BCUT2D eigenvalue weighted by Crippen LogP contribution is 2.33. The fraction of sp³-hybridized carbons (Fsp3) is 0.889. The average Bonchev–Trinajstić information content (AvgIpc) is 2.39. The van der Waals surface area contributed by atoms with Crippen LogP contribution in [-0.4, -0.2) is 34.5 Å². The minimum absolute atomic E-state index is 0.112. The lowest BCUT2D eigenvalue weighted by molar-refractivity contribution is 0.0132. The molecule has 2 fully saturated rings. The molecule has 2 rings (SSSR count). The van der Waals surface area contributed by atoms with E-state index in [2.05, 4.69) is 0 Å². The number of hydrogen-bond acceptors (Lipinski definition) is 2. The first-order chi connectivity index (χ1) is 6.20. The molecule has 0 aromatic carbocycles. The molecule has 74 valence electrons. The van der Waals surface area contributed by atoms with Crippen molar-refractivity contribution in [3.63, 3.8) is 0 Å². The molecule has 1 aliphatic heterocycles. The predicted octanol–water partition coefficient (Wildman–Crippen LogP) is 1.65. The van der Waals surface area contributed by atoms with E-state index in [4.69, 9.17) is 9.84 Å². The Morgan fingerprint density at radius 2 is 2.15 bits per heavy atom. The van der Waals surface area contributed by atoms with Gasteiger partial charge in [0.05, 0.1) is 12.1 Å². The molecule has 0 spiro atoms. The van der Waals surface area contributed by atoms with Gasteiger partial charge in [0, 0.05) is 0 Å². The average molecular weight is 185 g/mol. The molecule has 1 amide bonds. The van der Waals surface area contributed by atoms with Crippen LogP contribution in [0.3, 0.4) is 0 Å². The number of nitrogens with zero attached hydrogens (tertiary/aromatic N) is 1. The fourth-order valence-corrected chi connectivity index (χ4v) is 2.44. The molecule has 1 aliphatic carbocycles. The number of carboxylic acid groups (broad SMARTS) is 1. The Hall–Kier alpha value is -0.770. The van der Waals surface area contributed by atoms with Crippen LogP contribution < -0.4 is 0 Å². The maximum atomic E-state index is 10.9. The maximum absolute atomic E-state index is 10.9. The first-order valence-corrected chi connectivity index (χ1v) is 4.87. The van der Waals surface area contributed by atoms with Crippen LogP contribution >= 0.6 is 0 Å². The first kappa shape index (κ1) is 8.81. The van der Waals surface area contributed by atoms with E-state index in [0.717, 1.165) is 19.3 Å². The van der Waals surface area contributed by atoms with E-state index < -0.39 is 6.09 Å². The molecule has 13 heavy (non-hydrogen) atoms. The van der Waals surface area contributed by atoms with Crippen molar-refractivity contribution in [1.29, 1.82) is 0 Å². The number of hydrogen-bond donors (Lipinski definition) is 1. The van der Waals surface area contributed by atoms with Crippen LogP contribution in [0.2, 0.25) is 0 Å². The summed E-state index contributed by atoms with van der Waals surface area (Å²) in [5, 5.41) is 8.97. The number of fused-ring (bicyclic) bond motifs is 1. The molecular weight excluding hydrogens is 170 g/mol. The van der Waals surface area contributed by atoms with E-state index in [1.165, 1.54) is 11.3 Å². The number of carbonyl (C=O) groups is 1. The van der Waals surface area contributed by atoms with Crippen molar-refractivity contribution in [1.82, 2.24) is 4.90 Å². The lowest BCUT2D eigenvalue weighted by atomic mass is 9.92. The summed E-state index contributed by atoms with van der Waals surface area (Å²) in [5.74, 6) is 0. The van der Waals surface area contributed by atoms with Crippen LogP contribution in [0, 0.1) is 0 Å². The number of amides is 1. The van der Waals surface area contributed by atoms with Gasteiger partial charge in [-0.25, -0.2) is 4.79 Å². The van der Waals surface area contributed by atoms with Gasteiger partial charge in [-0.3, -0.25) is 4.90 Å². The second-order valence-corrected chi connectivity index (χ2v) is 3.82. The summed E-state index contributed by atoms with van der Waals surface area (Å²) in [6, 6.07) is 0.112. The summed E-state index contributed by atoms with van der Waals surface area (Å²) in [6.45, 7) is 1.81. The third kappa shape index (κ3) is 1.39. The second-order valence-electron chi connectivity index (χ2n) is 3.82. The molecule has 2 aliphatic rings. The molecular formula is C9H15NO3. The Kier molecular flexibility index (Phi) is 2.15. The Labute approximate surface area is 77.5 Å². The highest BCUT2D eigenvalue weighted by Gasteiger charge is 2.43. The highest BCUT2D eigenvalue weighted by molar-refractivity contribution is 5.66. The van der Waals surface area contributed by atoms with Gasteiger partial charge in [-0.2, -0.15) is 0 Å². The largest absolute Gasteiger partial charge is 0.465 e. The van der Waals surface area contributed by atoms with Crippen molar-refractivity contribution in [3.05, 3.63) is 0 Å². The van der Waals surface area contributed by atoms with Crippen LogP contribution in [-0.2, 0) is 4.74 Å². The van der Waals surface area contributed by atoms with Crippen molar-refractivity contribution in [3.8, 4) is 0 Å².